The summed E-state index contributed by atoms with van der Waals surface area (Å²) in [6.45, 7) is 0. The van der Waals surface area contributed by atoms with E-state index < -0.39 is 30.0 Å². The molecular formula is C25H21F3N2O2. The largest absolute Gasteiger partial charge is 0.408 e. The summed E-state index contributed by atoms with van der Waals surface area (Å²) in [5.41, 5.74) is 4.11. The van der Waals surface area contributed by atoms with Crippen LogP contribution >= 0.6 is 0 Å². The van der Waals surface area contributed by atoms with Crippen molar-refractivity contribution in [3.05, 3.63) is 78.9 Å². The van der Waals surface area contributed by atoms with Gasteiger partial charge in [0.15, 0.2) is 0 Å². The summed E-state index contributed by atoms with van der Waals surface area (Å²) in [6, 6.07) is 22.9. The van der Waals surface area contributed by atoms with Crippen LogP contribution in [0, 0.1) is 5.92 Å². The molecule has 7 heteroatoms. The minimum atomic E-state index is -4.52. The number of rotatable bonds is 4. The Labute approximate surface area is 183 Å². The average molecular weight is 438 g/mol. The molecule has 1 heterocycles. The van der Waals surface area contributed by atoms with E-state index in [2.05, 4.69) is 5.32 Å². The molecule has 0 spiro atoms. The summed E-state index contributed by atoms with van der Waals surface area (Å²) in [6.07, 6.45) is -5.01. The molecule has 2 amide bonds. The lowest BCUT2D eigenvalue weighted by molar-refractivity contribution is -0.170. The van der Waals surface area contributed by atoms with Gasteiger partial charge < -0.3 is 10.6 Å². The van der Waals surface area contributed by atoms with E-state index in [1.54, 1.807) is 12.1 Å². The van der Waals surface area contributed by atoms with Gasteiger partial charge in [-0.15, -0.1) is 0 Å². The lowest BCUT2D eigenvalue weighted by Gasteiger charge is -2.29. The predicted octanol–water partition coefficient (Wildman–Crippen LogP) is 5.42. The second kappa shape index (κ2) is 8.86. The van der Waals surface area contributed by atoms with Gasteiger partial charge >= 0.3 is 6.18 Å². The highest BCUT2D eigenvalue weighted by molar-refractivity contribution is 6.07. The average Bonchev–Trinajstić information content (AvgIpc) is 2.79. The normalized spacial score (nSPS) is 18.7. The Kier molecular flexibility index (Phi) is 5.99. The Bertz CT molecular complexity index is 1060. The van der Waals surface area contributed by atoms with Gasteiger partial charge in [0.05, 0.1) is 0 Å². The topological polar surface area (TPSA) is 58.2 Å². The summed E-state index contributed by atoms with van der Waals surface area (Å²) in [5.74, 6) is -2.69. The molecule has 0 saturated carbocycles. The van der Waals surface area contributed by atoms with Crippen LogP contribution in [0.5, 0.6) is 0 Å². The fourth-order valence-corrected chi connectivity index (χ4v) is 3.83. The Morgan fingerprint density at radius 1 is 0.812 bits per heavy atom. The number of anilines is 1. The molecule has 0 bridgehead atoms. The molecule has 32 heavy (non-hydrogen) atoms. The van der Waals surface area contributed by atoms with Crippen LogP contribution in [0.4, 0.5) is 18.9 Å². The lowest BCUT2D eigenvalue weighted by atomic mass is 9.92. The van der Waals surface area contributed by atoms with Crippen molar-refractivity contribution in [2.24, 2.45) is 5.92 Å². The van der Waals surface area contributed by atoms with Crippen LogP contribution in [0.2, 0.25) is 0 Å². The van der Waals surface area contributed by atoms with Gasteiger partial charge in [-0.05, 0) is 53.3 Å². The standard InChI is InChI=1S/C25H21F3N2O2/c26-25(27,28)22-12-11-21(24(32)30-22)23(31)29-20-14-18(16-7-3-1-4-8-16)13-19(15-20)17-9-5-2-6-10-17/h1-10,13-15,21-22H,11-12H2,(H,29,31)(H,30,32). The summed E-state index contributed by atoms with van der Waals surface area (Å²) in [5, 5.41) is 4.66. The third-order valence-electron chi connectivity index (χ3n) is 5.50. The van der Waals surface area contributed by atoms with E-state index in [0.717, 1.165) is 22.3 Å². The molecule has 0 aliphatic carbocycles. The first-order valence-electron chi connectivity index (χ1n) is 10.2. The van der Waals surface area contributed by atoms with Crippen molar-refractivity contribution >= 4 is 17.5 Å². The fraction of sp³-hybridized carbons (Fsp3) is 0.200. The number of nitrogens with one attached hydrogen (secondary N) is 2. The number of carbonyl (C=O) groups excluding carboxylic acids is 2. The summed E-state index contributed by atoms with van der Waals surface area (Å²) in [4.78, 5) is 25.0. The molecule has 3 aromatic carbocycles. The first kappa shape index (κ1) is 21.6. The van der Waals surface area contributed by atoms with Gasteiger partial charge in [0.2, 0.25) is 11.8 Å². The molecule has 164 valence electrons. The molecule has 1 aliphatic rings. The van der Waals surface area contributed by atoms with E-state index in [-0.39, 0.29) is 12.8 Å². The molecule has 2 unspecified atom stereocenters. The maximum atomic E-state index is 12.9. The zero-order valence-corrected chi connectivity index (χ0v) is 17.0. The molecule has 1 aliphatic heterocycles. The third-order valence-corrected chi connectivity index (χ3v) is 5.50. The van der Waals surface area contributed by atoms with Crippen molar-refractivity contribution in [2.45, 2.75) is 25.1 Å². The quantitative estimate of drug-likeness (QED) is 0.535. The Balaban J connectivity index is 1.60. The highest BCUT2D eigenvalue weighted by Gasteiger charge is 2.45. The van der Waals surface area contributed by atoms with Crippen molar-refractivity contribution in [2.75, 3.05) is 5.32 Å². The van der Waals surface area contributed by atoms with Crippen molar-refractivity contribution in [1.29, 1.82) is 0 Å². The minimum Gasteiger partial charge on any atom is -0.344 e. The van der Waals surface area contributed by atoms with E-state index in [1.165, 1.54) is 0 Å². The van der Waals surface area contributed by atoms with Gasteiger partial charge in [0.25, 0.3) is 0 Å². The molecule has 2 N–H and O–H groups in total. The Morgan fingerprint density at radius 2 is 1.34 bits per heavy atom. The molecule has 4 rings (SSSR count). The Morgan fingerprint density at radius 3 is 1.81 bits per heavy atom. The van der Waals surface area contributed by atoms with Crippen LogP contribution in [0.1, 0.15) is 12.8 Å². The summed E-state index contributed by atoms with van der Waals surface area (Å²) >= 11 is 0. The number of halogens is 3. The minimum absolute atomic E-state index is 0.161. The van der Waals surface area contributed by atoms with E-state index in [1.807, 2.05) is 72.0 Å². The van der Waals surface area contributed by atoms with Crippen LogP contribution in [-0.4, -0.2) is 24.0 Å². The zero-order chi connectivity index (χ0) is 22.7. The van der Waals surface area contributed by atoms with Crippen molar-refractivity contribution < 1.29 is 22.8 Å². The number of piperidine rings is 1. The number of benzene rings is 3. The molecule has 0 aromatic heterocycles. The summed E-state index contributed by atoms with van der Waals surface area (Å²) < 4.78 is 38.7. The fourth-order valence-electron chi connectivity index (χ4n) is 3.83. The Hall–Kier alpha value is -3.61. The highest BCUT2D eigenvalue weighted by Crippen LogP contribution is 2.32. The highest BCUT2D eigenvalue weighted by atomic mass is 19.4. The SMILES string of the molecule is O=C(Nc1cc(-c2ccccc2)cc(-c2ccccc2)c1)C1CCC(C(F)(F)F)NC1=O. The van der Waals surface area contributed by atoms with Gasteiger partial charge in [-0.3, -0.25) is 9.59 Å². The van der Waals surface area contributed by atoms with Crippen LogP contribution in [0.3, 0.4) is 0 Å². The number of carbonyl (C=O) groups is 2. The predicted molar refractivity (Wildman–Crippen MR) is 117 cm³/mol. The monoisotopic (exact) mass is 438 g/mol. The maximum Gasteiger partial charge on any atom is 0.408 e. The maximum absolute atomic E-state index is 12.9. The van der Waals surface area contributed by atoms with Crippen LogP contribution in [0.15, 0.2) is 78.9 Å². The number of hydrogen-bond donors (Lipinski definition) is 2. The van der Waals surface area contributed by atoms with Gasteiger partial charge in [-0.25, -0.2) is 0 Å². The van der Waals surface area contributed by atoms with E-state index >= 15 is 0 Å². The first-order chi connectivity index (χ1) is 15.3. The van der Waals surface area contributed by atoms with Crippen LogP contribution < -0.4 is 10.6 Å². The molecule has 3 aromatic rings. The van der Waals surface area contributed by atoms with Crippen molar-refractivity contribution in [1.82, 2.24) is 5.32 Å². The van der Waals surface area contributed by atoms with E-state index in [9.17, 15) is 22.8 Å². The van der Waals surface area contributed by atoms with E-state index in [0.29, 0.717) is 5.69 Å². The first-order valence-corrected chi connectivity index (χ1v) is 10.2. The molecule has 1 fully saturated rings. The van der Waals surface area contributed by atoms with Crippen molar-refractivity contribution in [3.8, 4) is 22.3 Å². The number of amides is 2. The molecule has 0 radical (unpaired) electrons. The van der Waals surface area contributed by atoms with E-state index in [4.69, 9.17) is 0 Å². The van der Waals surface area contributed by atoms with Gasteiger partial charge in [0, 0.05) is 5.69 Å². The van der Waals surface area contributed by atoms with Gasteiger partial charge in [0.1, 0.15) is 12.0 Å². The molecule has 4 nitrogen and oxygen atoms in total. The second-order valence-corrected chi connectivity index (χ2v) is 7.75. The lowest BCUT2D eigenvalue weighted by Crippen LogP contribution is -2.53. The smallest absolute Gasteiger partial charge is 0.344 e. The van der Waals surface area contributed by atoms with Crippen LogP contribution in [-0.2, 0) is 9.59 Å². The summed E-state index contributed by atoms with van der Waals surface area (Å²) in [7, 11) is 0. The zero-order valence-electron chi connectivity index (χ0n) is 17.0. The van der Waals surface area contributed by atoms with Gasteiger partial charge in [-0.1, -0.05) is 60.7 Å². The second-order valence-electron chi connectivity index (χ2n) is 7.75. The van der Waals surface area contributed by atoms with Crippen LogP contribution in [0.25, 0.3) is 22.3 Å². The number of hydrogen-bond acceptors (Lipinski definition) is 2. The van der Waals surface area contributed by atoms with Gasteiger partial charge in [-0.2, -0.15) is 13.2 Å². The molecule has 2 atom stereocenters. The third kappa shape index (κ3) is 4.82. The number of alkyl halides is 3. The molecule has 1 saturated heterocycles. The van der Waals surface area contributed by atoms with Crippen molar-refractivity contribution in [3.63, 3.8) is 0 Å². The molecular weight excluding hydrogens is 417 g/mol.